The highest BCUT2D eigenvalue weighted by Crippen LogP contribution is 2.17. The molecule has 0 radical (unpaired) electrons. The van der Waals surface area contributed by atoms with Gasteiger partial charge in [0.15, 0.2) is 0 Å². The largest absolute Gasteiger partial charge is 0.378 e. The molecule has 2 nitrogen and oxygen atoms in total. The van der Waals surface area contributed by atoms with Crippen molar-refractivity contribution in [3.8, 4) is 0 Å². The molecule has 15 heavy (non-hydrogen) atoms. The number of benzene rings is 1. The standard InChI is InChI=1S/C12H14N2S/c1-9-3-4-11(10(2)7-9)14-8-12-13-5-6-15-12/h3-7,14H,8H2,1-2H3. The molecule has 1 aromatic heterocycles. The smallest absolute Gasteiger partial charge is 0.112 e. The van der Waals surface area contributed by atoms with Gasteiger partial charge in [0.1, 0.15) is 5.01 Å². The minimum atomic E-state index is 0.807. The Kier molecular flexibility index (Phi) is 3.02. The van der Waals surface area contributed by atoms with Gasteiger partial charge in [0.05, 0.1) is 6.54 Å². The fourth-order valence-corrected chi connectivity index (χ4v) is 2.08. The number of nitrogens with zero attached hydrogens (tertiary/aromatic N) is 1. The summed E-state index contributed by atoms with van der Waals surface area (Å²) < 4.78 is 0. The molecule has 0 saturated heterocycles. The van der Waals surface area contributed by atoms with Crippen LogP contribution in [-0.2, 0) is 6.54 Å². The Labute approximate surface area is 94.0 Å². The summed E-state index contributed by atoms with van der Waals surface area (Å²) in [5.41, 5.74) is 3.77. The van der Waals surface area contributed by atoms with E-state index in [4.69, 9.17) is 0 Å². The van der Waals surface area contributed by atoms with Crippen molar-refractivity contribution in [2.45, 2.75) is 20.4 Å². The first-order chi connectivity index (χ1) is 7.25. The third-order valence-corrected chi connectivity index (χ3v) is 3.08. The van der Waals surface area contributed by atoms with Crippen LogP contribution in [0.15, 0.2) is 29.8 Å². The van der Waals surface area contributed by atoms with Crippen LogP contribution in [0, 0.1) is 13.8 Å². The topological polar surface area (TPSA) is 24.9 Å². The van der Waals surface area contributed by atoms with Gasteiger partial charge in [-0.05, 0) is 25.5 Å². The van der Waals surface area contributed by atoms with Gasteiger partial charge in [0.25, 0.3) is 0 Å². The van der Waals surface area contributed by atoms with Crippen LogP contribution in [-0.4, -0.2) is 4.98 Å². The molecular formula is C12H14N2S. The summed E-state index contributed by atoms with van der Waals surface area (Å²) in [6.45, 7) is 5.04. The SMILES string of the molecule is Cc1ccc(NCc2nccs2)c(C)c1. The predicted octanol–water partition coefficient (Wildman–Crippen LogP) is 3.37. The van der Waals surface area contributed by atoms with Gasteiger partial charge in [0.2, 0.25) is 0 Å². The van der Waals surface area contributed by atoms with Crippen LogP contribution in [0.25, 0.3) is 0 Å². The molecule has 1 aromatic carbocycles. The van der Waals surface area contributed by atoms with Crippen molar-refractivity contribution < 1.29 is 0 Å². The van der Waals surface area contributed by atoms with Gasteiger partial charge >= 0.3 is 0 Å². The summed E-state index contributed by atoms with van der Waals surface area (Å²) in [4.78, 5) is 4.23. The lowest BCUT2D eigenvalue weighted by molar-refractivity contribution is 1.10. The van der Waals surface area contributed by atoms with E-state index >= 15 is 0 Å². The molecule has 0 bridgehead atoms. The normalized spacial score (nSPS) is 10.3. The van der Waals surface area contributed by atoms with Gasteiger partial charge in [-0.25, -0.2) is 4.98 Å². The third kappa shape index (κ3) is 2.57. The zero-order chi connectivity index (χ0) is 10.7. The molecule has 1 N–H and O–H groups in total. The number of aromatic nitrogens is 1. The first kappa shape index (κ1) is 10.2. The van der Waals surface area contributed by atoms with E-state index in [0.717, 1.165) is 11.6 Å². The number of aryl methyl sites for hydroxylation is 2. The lowest BCUT2D eigenvalue weighted by atomic mass is 10.1. The maximum absolute atomic E-state index is 4.23. The second-order valence-corrected chi connectivity index (χ2v) is 4.58. The Morgan fingerprint density at radius 1 is 1.33 bits per heavy atom. The third-order valence-electron chi connectivity index (χ3n) is 2.30. The Hall–Kier alpha value is -1.35. The molecule has 3 heteroatoms. The van der Waals surface area contributed by atoms with Crippen LogP contribution in [0.3, 0.4) is 0 Å². The van der Waals surface area contributed by atoms with Crippen molar-refractivity contribution in [3.63, 3.8) is 0 Å². The van der Waals surface area contributed by atoms with Gasteiger partial charge in [-0.3, -0.25) is 0 Å². The highest BCUT2D eigenvalue weighted by atomic mass is 32.1. The number of nitrogens with one attached hydrogen (secondary N) is 1. The van der Waals surface area contributed by atoms with E-state index < -0.39 is 0 Å². The lowest BCUT2D eigenvalue weighted by Crippen LogP contribution is -2.00. The van der Waals surface area contributed by atoms with Crippen molar-refractivity contribution in [1.82, 2.24) is 4.98 Å². The Morgan fingerprint density at radius 2 is 2.20 bits per heavy atom. The first-order valence-corrected chi connectivity index (χ1v) is 5.83. The van der Waals surface area contributed by atoms with E-state index in [1.54, 1.807) is 11.3 Å². The average molecular weight is 218 g/mol. The molecule has 0 atom stereocenters. The summed E-state index contributed by atoms with van der Waals surface area (Å²) in [5, 5.41) is 6.51. The number of thiazole rings is 1. The summed E-state index contributed by atoms with van der Waals surface area (Å²) in [7, 11) is 0. The Balaban J connectivity index is 2.05. The number of hydrogen-bond acceptors (Lipinski definition) is 3. The molecule has 78 valence electrons. The molecule has 2 aromatic rings. The number of rotatable bonds is 3. The van der Waals surface area contributed by atoms with Crippen molar-refractivity contribution in [1.29, 1.82) is 0 Å². The molecule has 0 aliphatic heterocycles. The van der Waals surface area contributed by atoms with Gasteiger partial charge in [-0.15, -0.1) is 11.3 Å². The van der Waals surface area contributed by atoms with Gasteiger partial charge in [0, 0.05) is 17.3 Å². The summed E-state index contributed by atoms with van der Waals surface area (Å²) >= 11 is 1.68. The van der Waals surface area contributed by atoms with Crippen LogP contribution in [0.1, 0.15) is 16.1 Å². The molecule has 0 saturated carbocycles. The molecule has 2 rings (SSSR count). The maximum atomic E-state index is 4.23. The monoisotopic (exact) mass is 218 g/mol. The van der Waals surface area contributed by atoms with Crippen molar-refractivity contribution in [3.05, 3.63) is 45.9 Å². The quantitative estimate of drug-likeness (QED) is 0.854. The molecule has 0 aliphatic rings. The molecule has 0 unspecified atom stereocenters. The van der Waals surface area contributed by atoms with Crippen LogP contribution in [0.2, 0.25) is 0 Å². The Bertz CT molecular complexity index is 435. The zero-order valence-electron chi connectivity index (χ0n) is 8.95. The second-order valence-electron chi connectivity index (χ2n) is 3.60. The van der Waals surface area contributed by atoms with Crippen LogP contribution < -0.4 is 5.32 Å². The van der Waals surface area contributed by atoms with Crippen LogP contribution in [0.5, 0.6) is 0 Å². The fraction of sp³-hybridized carbons (Fsp3) is 0.250. The van der Waals surface area contributed by atoms with E-state index in [0.29, 0.717) is 0 Å². The van der Waals surface area contributed by atoms with Crippen molar-refractivity contribution >= 4 is 17.0 Å². The molecule has 0 fully saturated rings. The minimum absolute atomic E-state index is 0.807. The summed E-state index contributed by atoms with van der Waals surface area (Å²) in [6, 6.07) is 6.43. The fourth-order valence-electron chi connectivity index (χ4n) is 1.52. The van der Waals surface area contributed by atoms with Crippen LogP contribution >= 0.6 is 11.3 Å². The molecule has 1 heterocycles. The number of anilines is 1. The van der Waals surface area contributed by atoms with Crippen LogP contribution in [0.4, 0.5) is 5.69 Å². The lowest BCUT2D eigenvalue weighted by Gasteiger charge is -2.08. The minimum Gasteiger partial charge on any atom is -0.378 e. The van der Waals surface area contributed by atoms with Gasteiger partial charge in [-0.1, -0.05) is 17.7 Å². The Morgan fingerprint density at radius 3 is 2.87 bits per heavy atom. The summed E-state index contributed by atoms with van der Waals surface area (Å²) in [5.74, 6) is 0. The molecule has 0 spiro atoms. The van der Waals surface area contributed by atoms with E-state index in [-0.39, 0.29) is 0 Å². The predicted molar refractivity (Wildman–Crippen MR) is 65.4 cm³/mol. The zero-order valence-corrected chi connectivity index (χ0v) is 9.77. The second kappa shape index (κ2) is 4.45. The van der Waals surface area contributed by atoms with E-state index in [9.17, 15) is 0 Å². The number of hydrogen-bond donors (Lipinski definition) is 1. The van der Waals surface area contributed by atoms with Crippen molar-refractivity contribution in [2.24, 2.45) is 0 Å². The maximum Gasteiger partial charge on any atom is 0.112 e. The first-order valence-electron chi connectivity index (χ1n) is 4.95. The average Bonchev–Trinajstić information content (AvgIpc) is 2.69. The van der Waals surface area contributed by atoms with E-state index in [1.165, 1.54) is 16.8 Å². The molecule has 0 amide bonds. The van der Waals surface area contributed by atoms with Crippen molar-refractivity contribution in [2.75, 3.05) is 5.32 Å². The van der Waals surface area contributed by atoms with E-state index in [1.807, 2.05) is 11.6 Å². The molecule has 0 aliphatic carbocycles. The highest BCUT2D eigenvalue weighted by molar-refractivity contribution is 7.09. The molecular weight excluding hydrogens is 204 g/mol. The van der Waals surface area contributed by atoms with Gasteiger partial charge in [-0.2, -0.15) is 0 Å². The highest BCUT2D eigenvalue weighted by Gasteiger charge is 1.99. The van der Waals surface area contributed by atoms with Gasteiger partial charge < -0.3 is 5.32 Å². The van der Waals surface area contributed by atoms with E-state index in [2.05, 4.69) is 42.3 Å². The summed E-state index contributed by atoms with van der Waals surface area (Å²) in [6.07, 6.45) is 1.84.